The van der Waals surface area contributed by atoms with Crippen LogP contribution in [0.4, 0.5) is 0 Å². The van der Waals surface area contributed by atoms with Gasteiger partial charge in [0.25, 0.3) is 0 Å². The maximum atomic E-state index is 11.0. The van der Waals surface area contributed by atoms with Crippen LogP contribution in [-0.4, -0.2) is 53.1 Å². The Balaban J connectivity index is 1.55. The van der Waals surface area contributed by atoms with Crippen molar-refractivity contribution in [3.05, 3.63) is 35.2 Å². The van der Waals surface area contributed by atoms with Crippen molar-refractivity contribution >= 4 is 27.4 Å². The summed E-state index contributed by atoms with van der Waals surface area (Å²) < 4.78 is 1.36. The molecule has 5 heteroatoms. The van der Waals surface area contributed by atoms with Crippen molar-refractivity contribution in [1.29, 1.82) is 0 Å². The number of piperidine rings is 1. The average molecular weight is 332 g/mol. The molecule has 0 aliphatic carbocycles. The van der Waals surface area contributed by atoms with Crippen LogP contribution >= 0.6 is 11.3 Å². The van der Waals surface area contributed by atoms with E-state index in [4.69, 9.17) is 5.11 Å². The van der Waals surface area contributed by atoms with Crippen LogP contribution in [0.25, 0.3) is 10.1 Å². The number of carbonyl (C=O) groups is 1. The first-order valence-corrected chi connectivity index (χ1v) is 9.13. The summed E-state index contributed by atoms with van der Waals surface area (Å²) in [6.07, 6.45) is 2.12. The van der Waals surface area contributed by atoms with Crippen LogP contribution < -0.4 is 0 Å². The van der Waals surface area contributed by atoms with E-state index in [1.54, 1.807) is 0 Å². The van der Waals surface area contributed by atoms with Gasteiger partial charge in [0.1, 0.15) is 0 Å². The van der Waals surface area contributed by atoms with Gasteiger partial charge in [-0.3, -0.25) is 14.6 Å². The number of likely N-dealkylation sites (tertiary alicyclic amines) is 1. The van der Waals surface area contributed by atoms with Crippen molar-refractivity contribution in [2.75, 3.05) is 26.2 Å². The predicted molar refractivity (Wildman–Crippen MR) is 95.0 cm³/mol. The second-order valence-corrected chi connectivity index (χ2v) is 7.38. The lowest BCUT2D eigenvalue weighted by molar-refractivity contribution is -0.139. The van der Waals surface area contributed by atoms with Gasteiger partial charge >= 0.3 is 5.97 Å². The summed E-state index contributed by atoms with van der Waals surface area (Å²) in [6, 6.07) is 11.2. The molecule has 0 atom stereocenters. The van der Waals surface area contributed by atoms with E-state index < -0.39 is 5.97 Å². The fraction of sp³-hybridized carbons (Fsp3) is 0.500. The molecule has 0 amide bonds. The Morgan fingerprint density at radius 2 is 2.09 bits per heavy atom. The third kappa shape index (κ3) is 4.10. The fourth-order valence-corrected chi connectivity index (χ4v) is 4.56. The minimum atomic E-state index is -0.723. The van der Waals surface area contributed by atoms with E-state index in [0.717, 1.165) is 39.0 Å². The molecule has 0 unspecified atom stereocenters. The molecule has 1 saturated heterocycles. The van der Waals surface area contributed by atoms with E-state index in [9.17, 15) is 4.79 Å². The molecule has 0 spiro atoms. The lowest BCUT2D eigenvalue weighted by Crippen LogP contribution is -2.46. The highest BCUT2D eigenvalue weighted by Crippen LogP contribution is 2.27. The Morgan fingerprint density at radius 3 is 2.74 bits per heavy atom. The molecule has 3 rings (SSSR count). The lowest BCUT2D eigenvalue weighted by Gasteiger charge is -2.37. The molecule has 1 fully saturated rings. The second-order valence-electron chi connectivity index (χ2n) is 6.21. The normalized spacial score (nSPS) is 17.1. The number of hydrogen-bond donors (Lipinski definition) is 1. The molecule has 0 saturated carbocycles. The van der Waals surface area contributed by atoms with Crippen LogP contribution in [0.5, 0.6) is 0 Å². The van der Waals surface area contributed by atoms with E-state index in [2.05, 4.69) is 40.1 Å². The maximum Gasteiger partial charge on any atom is 0.317 e. The molecule has 23 heavy (non-hydrogen) atoms. The van der Waals surface area contributed by atoms with Gasteiger partial charge in [0.05, 0.1) is 6.54 Å². The first-order valence-electron chi connectivity index (χ1n) is 8.31. The summed E-state index contributed by atoms with van der Waals surface area (Å²) in [5.41, 5.74) is 0. The summed E-state index contributed by atoms with van der Waals surface area (Å²) >= 11 is 1.88. The van der Waals surface area contributed by atoms with Gasteiger partial charge in [-0.1, -0.05) is 25.1 Å². The fourth-order valence-electron chi connectivity index (χ4n) is 3.45. The maximum absolute atomic E-state index is 11.0. The summed E-state index contributed by atoms with van der Waals surface area (Å²) in [6.45, 7) is 6.14. The zero-order valence-corrected chi connectivity index (χ0v) is 14.4. The van der Waals surface area contributed by atoms with Gasteiger partial charge < -0.3 is 5.11 Å². The molecule has 2 heterocycles. The van der Waals surface area contributed by atoms with Crippen LogP contribution in [0.2, 0.25) is 0 Å². The van der Waals surface area contributed by atoms with Gasteiger partial charge in [-0.15, -0.1) is 11.3 Å². The molecule has 2 aromatic rings. The van der Waals surface area contributed by atoms with Crippen LogP contribution in [0.1, 0.15) is 24.6 Å². The predicted octanol–water partition coefficient (Wildman–Crippen LogP) is 3.27. The Kier molecular flexibility index (Phi) is 5.30. The van der Waals surface area contributed by atoms with Gasteiger partial charge in [0.15, 0.2) is 0 Å². The standard InChI is InChI=1S/C18H24N2O2S/c1-2-20(13-18(21)22)15-7-9-19(10-8-15)12-16-11-14-5-3-4-6-17(14)23-16/h3-6,11,15H,2,7-10,12-13H2,1H3,(H,21,22). The van der Waals surface area contributed by atoms with E-state index in [0.29, 0.717) is 6.04 Å². The SMILES string of the molecule is CCN(CC(=O)O)C1CCN(Cc2cc3ccccc3s2)CC1. The Morgan fingerprint density at radius 1 is 1.35 bits per heavy atom. The zero-order valence-electron chi connectivity index (χ0n) is 13.6. The first kappa shape index (κ1) is 16.4. The highest BCUT2D eigenvalue weighted by atomic mass is 32.1. The van der Waals surface area contributed by atoms with E-state index in [-0.39, 0.29) is 6.54 Å². The molecule has 124 valence electrons. The summed E-state index contributed by atoms with van der Waals surface area (Å²) in [5.74, 6) is -0.723. The molecular formula is C18H24N2O2S. The van der Waals surface area contributed by atoms with Gasteiger partial charge in [-0.05, 0) is 36.9 Å². The largest absolute Gasteiger partial charge is 0.480 e. The minimum absolute atomic E-state index is 0.164. The third-order valence-corrected chi connectivity index (χ3v) is 5.77. The van der Waals surface area contributed by atoms with Gasteiger partial charge in [0.2, 0.25) is 0 Å². The second kappa shape index (κ2) is 7.43. The molecule has 1 aromatic carbocycles. The highest BCUT2D eigenvalue weighted by Gasteiger charge is 2.25. The number of carboxylic acid groups (broad SMARTS) is 1. The van der Waals surface area contributed by atoms with Crippen molar-refractivity contribution < 1.29 is 9.90 Å². The van der Waals surface area contributed by atoms with Crippen molar-refractivity contribution in [2.45, 2.75) is 32.4 Å². The number of nitrogens with zero attached hydrogens (tertiary/aromatic N) is 2. The van der Waals surface area contributed by atoms with E-state index >= 15 is 0 Å². The smallest absolute Gasteiger partial charge is 0.317 e. The number of likely N-dealkylation sites (N-methyl/N-ethyl adjacent to an activating group) is 1. The van der Waals surface area contributed by atoms with Crippen molar-refractivity contribution in [3.8, 4) is 0 Å². The number of fused-ring (bicyclic) bond motifs is 1. The number of hydrogen-bond acceptors (Lipinski definition) is 4. The van der Waals surface area contributed by atoms with Crippen molar-refractivity contribution in [2.24, 2.45) is 0 Å². The summed E-state index contributed by atoms with van der Waals surface area (Å²) in [4.78, 5) is 17.0. The van der Waals surface area contributed by atoms with Crippen molar-refractivity contribution in [3.63, 3.8) is 0 Å². The van der Waals surface area contributed by atoms with Crippen LogP contribution in [0.15, 0.2) is 30.3 Å². The quantitative estimate of drug-likeness (QED) is 0.882. The number of rotatable bonds is 6. The van der Waals surface area contributed by atoms with E-state index in [1.807, 2.05) is 18.3 Å². The van der Waals surface area contributed by atoms with Gasteiger partial charge in [0, 0.05) is 35.3 Å². The Hall–Kier alpha value is -1.43. The molecule has 1 N–H and O–H groups in total. The first-order chi connectivity index (χ1) is 11.2. The van der Waals surface area contributed by atoms with Gasteiger partial charge in [-0.2, -0.15) is 0 Å². The van der Waals surface area contributed by atoms with E-state index in [1.165, 1.54) is 15.0 Å². The molecule has 1 aromatic heterocycles. The Labute approximate surface area is 141 Å². The summed E-state index contributed by atoms with van der Waals surface area (Å²) in [5, 5.41) is 10.3. The third-order valence-electron chi connectivity index (χ3n) is 4.67. The summed E-state index contributed by atoms with van der Waals surface area (Å²) in [7, 11) is 0. The average Bonchev–Trinajstić information content (AvgIpc) is 2.95. The number of aliphatic carboxylic acids is 1. The van der Waals surface area contributed by atoms with Crippen LogP contribution in [-0.2, 0) is 11.3 Å². The number of thiophene rings is 1. The monoisotopic (exact) mass is 332 g/mol. The molecular weight excluding hydrogens is 308 g/mol. The molecule has 0 bridgehead atoms. The number of benzene rings is 1. The lowest BCUT2D eigenvalue weighted by atomic mass is 10.0. The molecule has 1 aliphatic rings. The zero-order chi connectivity index (χ0) is 16.2. The Bertz CT molecular complexity index is 629. The topological polar surface area (TPSA) is 43.8 Å². The van der Waals surface area contributed by atoms with Gasteiger partial charge in [-0.25, -0.2) is 0 Å². The highest BCUT2D eigenvalue weighted by molar-refractivity contribution is 7.19. The molecule has 0 radical (unpaired) electrons. The van der Waals surface area contributed by atoms with Crippen molar-refractivity contribution in [1.82, 2.24) is 9.80 Å². The number of carboxylic acids is 1. The molecule has 4 nitrogen and oxygen atoms in total. The molecule has 1 aliphatic heterocycles. The van der Waals surface area contributed by atoms with Crippen LogP contribution in [0.3, 0.4) is 0 Å². The van der Waals surface area contributed by atoms with Crippen LogP contribution in [0, 0.1) is 0 Å². The minimum Gasteiger partial charge on any atom is -0.480 e.